The molecule has 0 radical (unpaired) electrons. The molecule has 0 heterocycles. The summed E-state index contributed by atoms with van der Waals surface area (Å²) in [6.07, 6.45) is 0.101. The van der Waals surface area contributed by atoms with Gasteiger partial charge in [0, 0.05) is 11.3 Å². The zero-order valence-electron chi connectivity index (χ0n) is 11.2. The van der Waals surface area contributed by atoms with Crippen molar-refractivity contribution in [3.8, 4) is 0 Å². The Morgan fingerprint density at radius 3 is 2.55 bits per heavy atom. The zero-order valence-corrected chi connectivity index (χ0v) is 11.2. The van der Waals surface area contributed by atoms with Gasteiger partial charge in [0.05, 0.1) is 6.42 Å². The van der Waals surface area contributed by atoms with E-state index < -0.39 is 5.91 Å². The number of aryl methyl sites for hydroxylation is 1. The second kappa shape index (κ2) is 6.02. The van der Waals surface area contributed by atoms with Gasteiger partial charge in [0.2, 0.25) is 5.91 Å². The van der Waals surface area contributed by atoms with Crippen molar-refractivity contribution in [2.45, 2.75) is 13.3 Å². The summed E-state index contributed by atoms with van der Waals surface area (Å²) in [5.41, 5.74) is 8.12. The number of rotatable bonds is 4. The highest BCUT2D eigenvalue weighted by molar-refractivity contribution is 6.05. The van der Waals surface area contributed by atoms with E-state index in [0.717, 1.165) is 5.56 Å². The number of primary amides is 1. The van der Waals surface area contributed by atoms with Crippen LogP contribution in [0.5, 0.6) is 0 Å². The van der Waals surface area contributed by atoms with Gasteiger partial charge in [-0.15, -0.1) is 0 Å². The van der Waals surface area contributed by atoms with Gasteiger partial charge in [-0.05, 0) is 30.7 Å². The first-order valence-electron chi connectivity index (χ1n) is 6.30. The molecule has 0 aliphatic rings. The van der Waals surface area contributed by atoms with Crippen LogP contribution in [0.2, 0.25) is 0 Å². The molecule has 2 rings (SSSR count). The maximum Gasteiger partial charge on any atom is 0.255 e. The Kier molecular flexibility index (Phi) is 4.15. The third kappa shape index (κ3) is 3.45. The number of amides is 2. The van der Waals surface area contributed by atoms with Crippen LogP contribution in [0.15, 0.2) is 48.5 Å². The predicted octanol–water partition coefficient (Wildman–Crippen LogP) is 2.28. The molecule has 0 saturated carbocycles. The van der Waals surface area contributed by atoms with Crippen molar-refractivity contribution in [2.24, 2.45) is 5.73 Å². The van der Waals surface area contributed by atoms with E-state index in [4.69, 9.17) is 5.73 Å². The lowest BCUT2D eigenvalue weighted by molar-refractivity contribution is -0.117. The van der Waals surface area contributed by atoms with Crippen molar-refractivity contribution in [3.63, 3.8) is 0 Å². The van der Waals surface area contributed by atoms with E-state index in [9.17, 15) is 9.59 Å². The van der Waals surface area contributed by atoms with Gasteiger partial charge < -0.3 is 11.1 Å². The van der Waals surface area contributed by atoms with Crippen LogP contribution in [0.1, 0.15) is 21.5 Å². The summed E-state index contributed by atoms with van der Waals surface area (Å²) in [7, 11) is 0. The van der Waals surface area contributed by atoms with E-state index >= 15 is 0 Å². The molecule has 2 aromatic rings. The fraction of sp³-hybridized carbons (Fsp3) is 0.125. The van der Waals surface area contributed by atoms with Crippen LogP contribution >= 0.6 is 0 Å². The number of anilines is 1. The molecule has 4 heteroatoms. The fourth-order valence-electron chi connectivity index (χ4n) is 1.96. The van der Waals surface area contributed by atoms with E-state index in [0.29, 0.717) is 16.8 Å². The van der Waals surface area contributed by atoms with Crippen molar-refractivity contribution < 1.29 is 9.59 Å². The molecular formula is C16H16N2O2. The first kappa shape index (κ1) is 13.8. The van der Waals surface area contributed by atoms with Gasteiger partial charge in [-0.2, -0.15) is 0 Å². The van der Waals surface area contributed by atoms with E-state index in [1.165, 1.54) is 0 Å². The molecule has 0 unspecified atom stereocenters. The molecule has 3 N–H and O–H groups in total. The highest BCUT2D eigenvalue weighted by Gasteiger charge is 2.10. The maximum atomic E-state index is 12.2. The lowest BCUT2D eigenvalue weighted by Gasteiger charge is -2.10. The van der Waals surface area contributed by atoms with Gasteiger partial charge in [0.25, 0.3) is 5.91 Å². The summed E-state index contributed by atoms with van der Waals surface area (Å²) in [5, 5.41) is 2.81. The van der Waals surface area contributed by atoms with Crippen molar-refractivity contribution >= 4 is 17.5 Å². The van der Waals surface area contributed by atoms with Crippen LogP contribution in [-0.4, -0.2) is 11.8 Å². The average molecular weight is 268 g/mol. The van der Waals surface area contributed by atoms with Gasteiger partial charge in [-0.1, -0.05) is 35.9 Å². The standard InChI is InChI=1S/C16H16N2O2/c1-11-5-4-7-13(9-11)16(20)18-14-8-3-2-6-12(14)10-15(17)19/h2-9H,10H2,1H3,(H2,17,19)(H,18,20). The van der Waals surface area contributed by atoms with Crippen LogP contribution in [0, 0.1) is 6.92 Å². The van der Waals surface area contributed by atoms with Crippen molar-refractivity contribution in [2.75, 3.05) is 5.32 Å². The molecule has 0 aliphatic carbocycles. The predicted molar refractivity (Wildman–Crippen MR) is 78.5 cm³/mol. The van der Waals surface area contributed by atoms with Crippen LogP contribution in [-0.2, 0) is 11.2 Å². The second-order valence-corrected chi connectivity index (χ2v) is 4.62. The van der Waals surface area contributed by atoms with Gasteiger partial charge in [0.1, 0.15) is 0 Å². The first-order valence-corrected chi connectivity index (χ1v) is 6.30. The molecule has 20 heavy (non-hydrogen) atoms. The number of nitrogens with one attached hydrogen (secondary N) is 1. The number of nitrogens with two attached hydrogens (primary N) is 1. The normalized spacial score (nSPS) is 10.1. The lowest BCUT2D eigenvalue weighted by atomic mass is 10.1. The van der Waals surface area contributed by atoms with Crippen LogP contribution in [0.4, 0.5) is 5.69 Å². The van der Waals surface area contributed by atoms with Gasteiger partial charge in [0.15, 0.2) is 0 Å². The minimum absolute atomic E-state index is 0.101. The smallest absolute Gasteiger partial charge is 0.255 e. The average Bonchev–Trinajstić information content (AvgIpc) is 2.40. The monoisotopic (exact) mass is 268 g/mol. The highest BCUT2D eigenvalue weighted by Crippen LogP contribution is 2.17. The summed E-state index contributed by atoms with van der Waals surface area (Å²) in [5.74, 6) is -0.632. The topological polar surface area (TPSA) is 72.2 Å². The Morgan fingerprint density at radius 2 is 1.85 bits per heavy atom. The summed E-state index contributed by atoms with van der Waals surface area (Å²) in [4.78, 5) is 23.2. The highest BCUT2D eigenvalue weighted by atomic mass is 16.2. The van der Waals surface area contributed by atoms with Crippen LogP contribution < -0.4 is 11.1 Å². The summed E-state index contributed by atoms with van der Waals surface area (Å²) < 4.78 is 0. The number of benzene rings is 2. The fourth-order valence-corrected chi connectivity index (χ4v) is 1.96. The summed E-state index contributed by atoms with van der Waals surface area (Å²) >= 11 is 0. The second-order valence-electron chi connectivity index (χ2n) is 4.62. The minimum Gasteiger partial charge on any atom is -0.369 e. The van der Waals surface area contributed by atoms with E-state index in [1.54, 1.807) is 30.3 Å². The third-order valence-electron chi connectivity index (χ3n) is 2.91. The Bertz CT molecular complexity index is 650. The molecule has 2 amide bonds. The zero-order chi connectivity index (χ0) is 14.5. The number of carbonyl (C=O) groups is 2. The quantitative estimate of drug-likeness (QED) is 0.892. The van der Waals surface area contributed by atoms with Crippen molar-refractivity contribution in [1.29, 1.82) is 0 Å². The summed E-state index contributed by atoms with van der Waals surface area (Å²) in [6, 6.07) is 14.5. The molecule has 0 aliphatic heterocycles. The lowest BCUT2D eigenvalue weighted by Crippen LogP contribution is -2.17. The number of hydrogen-bond acceptors (Lipinski definition) is 2. The molecule has 4 nitrogen and oxygen atoms in total. The van der Waals surface area contributed by atoms with Crippen molar-refractivity contribution in [3.05, 3.63) is 65.2 Å². The molecule has 0 saturated heterocycles. The van der Waals surface area contributed by atoms with Crippen LogP contribution in [0.25, 0.3) is 0 Å². The molecule has 0 fully saturated rings. The van der Waals surface area contributed by atoms with E-state index in [2.05, 4.69) is 5.32 Å². The Hall–Kier alpha value is -2.62. The van der Waals surface area contributed by atoms with Gasteiger partial charge in [-0.3, -0.25) is 9.59 Å². The largest absolute Gasteiger partial charge is 0.369 e. The Balaban J connectivity index is 2.21. The van der Waals surface area contributed by atoms with Gasteiger partial charge in [-0.25, -0.2) is 0 Å². The Labute approximate surface area is 117 Å². The molecule has 102 valence electrons. The van der Waals surface area contributed by atoms with Crippen LogP contribution in [0.3, 0.4) is 0 Å². The SMILES string of the molecule is Cc1cccc(C(=O)Nc2ccccc2CC(N)=O)c1. The van der Waals surface area contributed by atoms with E-state index in [1.807, 2.05) is 25.1 Å². The number of para-hydroxylation sites is 1. The molecule has 0 aromatic heterocycles. The molecule has 0 bridgehead atoms. The maximum absolute atomic E-state index is 12.2. The number of carbonyl (C=O) groups excluding carboxylic acids is 2. The molecule has 0 atom stereocenters. The van der Waals surface area contributed by atoms with Crippen molar-refractivity contribution in [1.82, 2.24) is 0 Å². The molecule has 0 spiro atoms. The minimum atomic E-state index is -0.428. The third-order valence-corrected chi connectivity index (χ3v) is 2.91. The first-order chi connectivity index (χ1) is 9.56. The van der Waals surface area contributed by atoms with E-state index in [-0.39, 0.29) is 12.3 Å². The molecular weight excluding hydrogens is 252 g/mol. The molecule has 2 aromatic carbocycles. The van der Waals surface area contributed by atoms with Gasteiger partial charge >= 0.3 is 0 Å². The Morgan fingerprint density at radius 1 is 1.10 bits per heavy atom. The number of hydrogen-bond donors (Lipinski definition) is 2. The summed E-state index contributed by atoms with van der Waals surface area (Å²) in [6.45, 7) is 1.93.